The van der Waals surface area contributed by atoms with Gasteiger partial charge >= 0.3 is 0 Å². The Hall–Kier alpha value is -6.51. The number of rotatable bonds is 12. The molecule has 1 heterocycles. The van der Waals surface area contributed by atoms with Gasteiger partial charge in [-0.05, 0) is 102 Å². The van der Waals surface area contributed by atoms with Crippen molar-refractivity contribution in [2.75, 3.05) is 6.26 Å². The number of aliphatic hydroxyl groups excluding tert-OH is 5. The molecule has 5 saturated carbocycles. The van der Waals surface area contributed by atoms with E-state index in [1.54, 1.807) is 13.8 Å². The molecule has 3 aromatic carbocycles. The Balaban J connectivity index is -0.000000251. The molecule has 9 rings (SSSR count). The minimum absolute atomic E-state index is 0. The SMILES string of the molecule is C.C.C.C.C.C.CC(C)N[C@@H]1[C@@H](O)CCCC1(F)F.C[C@@H](N[C@@H]1CCCC(F)(F)[C@H]1O)c1ccccc1.C[C@@H](N[C@@H]1CCCC(F)(F)[C@H]1OS(C)(=O)=O)c1ccccc1.C[C@H](c1ccccc1)N1C2CCCC(F)(F)C21.N[C@@H]1[C@@H](O)CCCC1(F)F.O=[C-]O.O=[C-]O.[Cf].[Cf]. The van der Waals surface area contributed by atoms with Gasteiger partial charge in [-0.15, -0.1) is 0 Å². The average molecular weight is 1860 g/mol. The Labute approximate surface area is 543 Å². The molecule has 0 bridgehead atoms. The maximum absolute atomic E-state index is 14.1. The molecule has 558 valence electrons. The zero-order chi connectivity index (χ0) is 64.8. The summed E-state index contributed by atoms with van der Waals surface area (Å²) in [5.41, 5.74) is 8.19. The topological polar surface area (TPSA) is 244 Å². The minimum Gasteiger partial charge on any atom is -0.665 e. The van der Waals surface area contributed by atoms with E-state index in [0.29, 0.717) is 70.7 Å². The summed E-state index contributed by atoms with van der Waals surface area (Å²) in [6.07, 6.45) is -0.153. The van der Waals surface area contributed by atoms with Crippen LogP contribution in [-0.2, 0) is 23.9 Å². The van der Waals surface area contributed by atoms with Crippen LogP contribution in [0, 0.1) is 0 Å². The van der Waals surface area contributed by atoms with Crippen molar-refractivity contribution < 1.29 is 91.6 Å². The molecule has 0 aromatic heterocycles. The number of alkyl halides is 10. The summed E-state index contributed by atoms with van der Waals surface area (Å²) in [5.74, 6) is -14.2. The van der Waals surface area contributed by atoms with E-state index in [9.17, 15) is 62.5 Å². The first-order chi connectivity index (χ1) is 40.1. The fourth-order valence-electron chi connectivity index (χ4n) is 11.4. The van der Waals surface area contributed by atoms with Crippen molar-refractivity contribution in [2.45, 2.75) is 290 Å². The molecule has 14 atom stereocenters. The molecule has 1 saturated heterocycles. The summed E-state index contributed by atoms with van der Waals surface area (Å²) in [6.45, 7) is 10.4. The van der Waals surface area contributed by atoms with E-state index >= 15 is 0 Å². The van der Waals surface area contributed by atoms with Gasteiger partial charge in [0, 0.05) is 74.4 Å². The van der Waals surface area contributed by atoms with Crippen molar-refractivity contribution in [3.63, 3.8) is 0 Å². The molecule has 6 aliphatic rings. The number of halogens is 10. The Kier molecular flexibility index (Phi) is 46.4. The molecular formula is C66H111Cf2F10N5O10S-2. The molecule has 0 spiro atoms. The molecule has 0 amide bonds. The van der Waals surface area contributed by atoms with Crippen LogP contribution in [0.4, 0.5) is 43.9 Å². The van der Waals surface area contributed by atoms with Gasteiger partial charge in [0.15, 0.2) is 6.10 Å². The summed E-state index contributed by atoms with van der Waals surface area (Å²) in [6, 6.07) is 24.8. The summed E-state index contributed by atoms with van der Waals surface area (Å²) in [7, 11) is -3.95. The minimum atomic E-state index is -3.95. The molecule has 10 N–H and O–H groups in total. The Morgan fingerprint density at radius 1 is 0.521 bits per heavy atom. The first-order valence-corrected chi connectivity index (χ1v) is 30.7. The van der Waals surface area contributed by atoms with E-state index in [1.807, 2.05) is 117 Å². The van der Waals surface area contributed by atoms with Crippen LogP contribution in [0.1, 0.15) is 210 Å². The fraction of sp³-hybridized carbons (Fsp3) is 0.697. The number of aliphatic hydroxyl groups is 3. The third kappa shape index (κ3) is 30.5. The van der Waals surface area contributed by atoms with Gasteiger partial charge in [0.2, 0.25) is 0 Å². The molecule has 15 nitrogen and oxygen atoms in total. The Morgan fingerprint density at radius 3 is 1.27 bits per heavy atom. The Bertz CT molecular complexity index is 2530. The standard InChI is InChI=1S/C15H21F2NO3S.C14H19F2NO.C14H17F2N.C9H17F2NO.C6H11F2NO.2CHO2.6CH4.2Cf/c1-11(12-7-4-3-5-8-12)18-13-9-6-10-15(16,17)14(13)21-22(2,19)20;1-10(11-6-3-2-4-7-11)17-12-8-5-9-14(15,16)13(12)18;1-10(11-6-3-2-4-7-11)17-12-8-5-9-14(15,16)13(12)17;1-6(2)12-8-7(13)4-3-5-9(8,10)11;7-6(8)3-1-2-4(10)5(6)9;2*2-1-3;;;;;;;;/h3-5,7-8,11,13-14,18H,6,9-10H2,1-2H3;2-4,6-7,10,12-13,17-18H,5,8-9H2,1H3;2-4,6-7,10,12-13H,5,8-9H2,1H3;6-8,12-13H,3-5H2,1-2H3;4-5,10H,1-3,9H2;2*(H,2,3);6*1H4;;/q;;;;;2*-1;;;;;;;;/t11-,13-,14+;10-,12-,13+;10-,12?,13?,17?;7-,8+;4-,5+;;;;;;;;;;/m11100........../s1. The van der Waals surface area contributed by atoms with Crippen LogP contribution in [-0.4, -0.2) is 154 Å². The smallest absolute Gasteiger partial charge is 0.276 e. The quantitative estimate of drug-likeness (QED) is 0.0354. The second-order valence-electron chi connectivity index (χ2n) is 22.9. The summed E-state index contributed by atoms with van der Waals surface area (Å²) in [4.78, 5) is 18.5. The van der Waals surface area contributed by atoms with Gasteiger partial charge in [0.1, 0.15) is 6.10 Å². The molecule has 3 aromatic rings. The monoisotopic (exact) mass is 1850 g/mol. The average Bonchev–Trinajstić information content (AvgIpc) is 1.56. The third-order valence-electron chi connectivity index (χ3n) is 15.9. The number of nitrogens with one attached hydrogen (secondary N) is 3. The van der Waals surface area contributed by atoms with Crippen LogP contribution in [0.2, 0.25) is 0 Å². The van der Waals surface area contributed by atoms with Gasteiger partial charge in [-0.1, -0.05) is 162 Å². The molecule has 28 heteroatoms. The van der Waals surface area contributed by atoms with E-state index in [0.717, 1.165) is 29.4 Å². The van der Waals surface area contributed by atoms with Crippen molar-refractivity contribution in [3.05, 3.63) is 108 Å². The van der Waals surface area contributed by atoms with Gasteiger partial charge < -0.3 is 56.8 Å². The fourth-order valence-corrected chi connectivity index (χ4v) is 12.1. The normalized spacial score (nSPS) is 27.4. The maximum atomic E-state index is 14.1. The van der Waals surface area contributed by atoms with E-state index in [-0.39, 0.29) is 107 Å². The largest absolute Gasteiger partial charge is 0.665 e. The predicted octanol–water partition coefficient (Wildman–Crippen LogP) is 14.4. The van der Waals surface area contributed by atoms with E-state index in [4.69, 9.17) is 34.8 Å². The number of benzene rings is 3. The second kappa shape index (κ2) is 44.3. The number of fused-ring (bicyclic) bond motifs is 1. The van der Waals surface area contributed by atoms with Gasteiger partial charge in [-0.2, -0.15) is 8.42 Å². The van der Waals surface area contributed by atoms with Gasteiger partial charge in [0.25, 0.3) is 39.7 Å². The number of nitrogens with zero attached hydrogens (tertiary/aromatic N) is 1. The zero-order valence-corrected chi connectivity index (χ0v) is 56.1. The van der Waals surface area contributed by atoms with Crippen LogP contribution in [0.3, 0.4) is 0 Å². The summed E-state index contributed by atoms with van der Waals surface area (Å²) < 4.78 is 161. The molecule has 6 fully saturated rings. The van der Waals surface area contributed by atoms with Crippen LogP contribution in [0.25, 0.3) is 0 Å². The van der Waals surface area contributed by atoms with Crippen molar-refractivity contribution in [3.8, 4) is 0 Å². The molecule has 1 aliphatic heterocycles. The van der Waals surface area contributed by atoms with E-state index in [2.05, 4.69) is 16.0 Å². The van der Waals surface area contributed by atoms with Crippen molar-refractivity contribution in [2.24, 2.45) is 5.73 Å². The number of hydrogen-bond donors (Lipinski definition) is 9. The zero-order valence-electron chi connectivity index (χ0n) is 50.0. The van der Waals surface area contributed by atoms with Gasteiger partial charge in [0.05, 0.1) is 36.6 Å². The molecule has 0 radical (unpaired) electrons. The third-order valence-corrected chi connectivity index (χ3v) is 16.4. The predicted molar refractivity (Wildman–Crippen MR) is 347 cm³/mol. The van der Waals surface area contributed by atoms with E-state index in [1.165, 1.54) is 0 Å². The molecule has 5 aliphatic carbocycles. The molecular weight excluding hydrogens is 1750 g/mol. The van der Waals surface area contributed by atoms with Gasteiger partial charge in [-0.25, -0.2) is 43.9 Å². The first-order valence-electron chi connectivity index (χ1n) is 28.9. The van der Waals surface area contributed by atoms with Crippen molar-refractivity contribution in [1.82, 2.24) is 20.9 Å². The number of likely N-dealkylation sites (tertiary alicyclic amines) is 1. The second-order valence-corrected chi connectivity index (χ2v) is 24.5. The first kappa shape index (κ1) is 98.6. The summed E-state index contributed by atoms with van der Waals surface area (Å²) >= 11 is 0. The van der Waals surface area contributed by atoms with Crippen molar-refractivity contribution >= 4 is 23.1 Å². The van der Waals surface area contributed by atoms with Crippen molar-refractivity contribution in [1.29, 1.82) is 0 Å². The molecule has 94 heavy (non-hydrogen) atoms. The van der Waals surface area contributed by atoms with Crippen LogP contribution in [0.15, 0.2) is 91.0 Å². The van der Waals surface area contributed by atoms with Gasteiger partial charge in [-0.3, -0.25) is 9.08 Å². The van der Waals surface area contributed by atoms with E-state index < -0.39 is 94.4 Å². The van der Waals surface area contributed by atoms with Crippen LogP contribution < -0.4 is 21.7 Å². The number of nitrogens with two attached hydrogens (primary N) is 1. The Morgan fingerprint density at radius 2 is 0.872 bits per heavy atom. The number of hydrogen-bond acceptors (Lipinski definition) is 13. The van der Waals surface area contributed by atoms with Crippen LogP contribution in [0.5, 0.6) is 0 Å². The summed E-state index contributed by atoms with van der Waals surface area (Å²) in [5, 5.41) is 50.5. The molecule has 3 unspecified atom stereocenters. The maximum Gasteiger partial charge on any atom is 0.276 e. The van der Waals surface area contributed by atoms with Crippen LogP contribution >= 0.6 is 0 Å².